The fourth-order valence-corrected chi connectivity index (χ4v) is 0.693. The largest absolute Gasteiger partial charge is 0.271 e. The molecule has 0 rings (SSSR count). The van der Waals surface area contributed by atoms with Gasteiger partial charge in [-0.15, -0.1) is 6.58 Å². The van der Waals surface area contributed by atoms with Crippen LogP contribution >= 0.6 is 0 Å². The van der Waals surface area contributed by atoms with E-state index in [4.69, 9.17) is 5.84 Å². The number of rotatable bonds is 5. The third kappa shape index (κ3) is 4.18. The van der Waals surface area contributed by atoms with Crippen molar-refractivity contribution in [3.63, 3.8) is 0 Å². The van der Waals surface area contributed by atoms with E-state index in [1.165, 1.54) is 12.8 Å². The molecule has 54 valence electrons. The summed E-state index contributed by atoms with van der Waals surface area (Å²) < 4.78 is 0. The number of unbranched alkanes of at least 4 members (excludes halogenated alkanes) is 1. The van der Waals surface area contributed by atoms with Crippen molar-refractivity contribution in [2.75, 3.05) is 0 Å². The predicted octanol–water partition coefficient (Wildman–Crippen LogP) is 1.19. The van der Waals surface area contributed by atoms with Crippen molar-refractivity contribution in [3.8, 4) is 0 Å². The van der Waals surface area contributed by atoms with Gasteiger partial charge in [-0.1, -0.05) is 25.8 Å². The molecule has 1 atom stereocenters. The Labute approximate surface area is 57.1 Å². The van der Waals surface area contributed by atoms with Crippen molar-refractivity contribution in [2.24, 2.45) is 5.84 Å². The van der Waals surface area contributed by atoms with Gasteiger partial charge in [-0.3, -0.25) is 11.3 Å². The van der Waals surface area contributed by atoms with Gasteiger partial charge in [-0.25, -0.2) is 0 Å². The molecule has 1 unspecified atom stereocenters. The third-order valence-electron chi connectivity index (χ3n) is 1.37. The van der Waals surface area contributed by atoms with E-state index in [2.05, 4.69) is 18.9 Å². The lowest BCUT2D eigenvalue weighted by atomic mass is 10.1. The predicted molar refractivity (Wildman–Crippen MR) is 40.8 cm³/mol. The van der Waals surface area contributed by atoms with Crippen LogP contribution < -0.4 is 11.3 Å². The normalized spacial score (nSPS) is 13.1. The molecule has 0 aliphatic carbocycles. The molecule has 0 aromatic rings. The monoisotopic (exact) mass is 128 g/mol. The first-order valence-electron chi connectivity index (χ1n) is 3.43. The van der Waals surface area contributed by atoms with Crippen LogP contribution in [0.5, 0.6) is 0 Å². The van der Waals surface area contributed by atoms with Gasteiger partial charge in [0.2, 0.25) is 0 Å². The lowest BCUT2D eigenvalue weighted by Gasteiger charge is -2.08. The number of hydrogen-bond donors (Lipinski definition) is 2. The Morgan fingerprint density at radius 3 is 2.78 bits per heavy atom. The highest BCUT2D eigenvalue weighted by Crippen LogP contribution is 1.98. The van der Waals surface area contributed by atoms with Gasteiger partial charge in [-0.05, 0) is 6.42 Å². The van der Waals surface area contributed by atoms with Crippen molar-refractivity contribution in [3.05, 3.63) is 12.7 Å². The molecule has 3 N–H and O–H groups in total. The standard InChI is InChI=1S/C7H16N2/c1-3-5-6-7(4-2)9-8/h4,7,9H,2-3,5-6,8H2,1H3. The van der Waals surface area contributed by atoms with Gasteiger partial charge < -0.3 is 0 Å². The van der Waals surface area contributed by atoms with E-state index >= 15 is 0 Å². The molecule has 0 amide bonds. The summed E-state index contributed by atoms with van der Waals surface area (Å²) in [6.45, 7) is 5.81. The Hall–Kier alpha value is -0.340. The van der Waals surface area contributed by atoms with Crippen LogP contribution in [0, 0.1) is 0 Å². The molecule has 0 aliphatic heterocycles. The van der Waals surface area contributed by atoms with Crippen molar-refractivity contribution in [1.82, 2.24) is 5.43 Å². The smallest absolute Gasteiger partial charge is 0.0387 e. The first-order valence-corrected chi connectivity index (χ1v) is 3.43. The molecule has 0 saturated carbocycles. The van der Waals surface area contributed by atoms with Crippen molar-refractivity contribution < 1.29 is 0 Å². The zero-order chi connectivity index (χ0) is 7.11. The van der Waals surface area contributed by atoms with Gasteiger partial charge in [0.05, 0.1) is 0 Å². The quantitative estimate of drug-likeness (QED) is 0.331. The molecule has 0 radical (unpaired) electrons. The number of hydrogen-bond acceptors (Lipinski definition) is 2. The summed E-state index contributed by atoms with van der Waals surface area (Å²) in [4.78, 5) is 0. The zero-order valence-corrected chi connectivity index (χ0v) is 6.06. The first-order chi connectivity index (χ1) is 4.35. The minimum absolute atomic E-state index is 0.296. The molecule has 0 aromatic carbocycles. The van der Waals surface area contributed by atoms with Crippen molar-refractivity contribution >= 4 is 0 Å². The minimum atomic E-state index is 0.296. The van der Waals surface area contributed by atoms with E-state index in [1.807, 2.05) is 6.08 Å². The van der Waals surface area contributed by atoms with Crippen LogP contribution in [0.25, 0.3) is 0 Å². The van der Waals surface area contributed by atoms with Gasteiger partial charge >= 0.3 is 0 Å². The van der Waals surface area contributed by atoms with E-state index in [-0.39, 0.29) is 0 Å². The minimum Gasteiger partial charge on any atom is -0.271 e. The SMILES string of the molecule is C=CC(CCCC)NN. The fourth-order valence-electron chi connectivity index (χ4n) is 0.693. The molecule has 0 bridgehead atoms. The van der Waals surface area contributed by atoms with Crippen LogP contribution in [0.4, 0.5) is 0 Å². The topological polar surface area (TPSA) is 38.0 Å². The highest BCUT2D eigenvalue weighted by atomic mass is 15.2. The Balaban J connectivity index is 3.20. The van der Waals surface area contributed by atoms with Crippen LogP contribution in [0.15, 0.2) is 12.7 Å². The molecular weight excluding hydrogens is 112 g/mol. The van der Waals surface area contributed by atoms with Crippen LogP contribution in [0.2, 0.25) is 0 Å². The fraction of sp³-hybridized carbons (Fsp3) is 0.714. The highest BCUT2D eigenvalue weighted by Gasteiger charge is 1.96. The molecule has 2 heteroatoms. The highest BCUT2D eigenvalue weighted by molar-refractivity contribution is 4.82. The lowest BCUT2D eigenvalue weighted by Crippen LogP contribution is -2.33. The number of hydrazine groups is 1. The van der Waals surface area contributed by atoms with E-state index in [0.29, 0.717) is 6.04 Å². The third-order valence-corrected chi connectivity index (χ3v) is 1.37. The van der Waals surface area contributed by atoms with Crippen LogP contribution in [-0.4, -0.2) is 6.04 Å². The van der Waals surface area contributed by atoms with Crippen molar-refractivity contribution in [1.29, 1.82) is 0 Å². The molecule has 0 spiro atoms. The Kier molecular flexibility index (Phi) is 5.57. The Morgan fingerprint density at radius 2 is 2.44 bits per heavy atom. The first kappa shape index (κ1) is 8.66. The molecule has 9 heavy (non-hydrogen) atoms. The molecule has 2 nitrogen and oxygen atoms in total. The molecule has 0 saturated heterocycles. The average molecular weight is 128 g/mol. The summed E-state index contributed by atoms with van der Waals surface area (Å²) in [6.07, 6.45) is 5.36. The summed E-state index contributed by atoms with van der Waals surface area (Å²) in [5.74, 6) is 5.20. The van der Waals surface area contributed by atoms with Gasteiger partial charge in [0.1, 0.15) is 0 Å². The molecular formula is C7H16N2. The maximum atomic E-state index is 5.20. The van der Waals surface area contributed by atoms with E-state index in [9.17, 15) is 0 Å². The van der Waals surface area contributed by atoms with E-state index in [1.54, 1.807) is 0 Å². The van der Waals surface area contributed by atoms with Gasteiger partial charge in [0.25, 0.3) is 0 Å². The number of nitrogens with one attached hydrogen (secondary N) is 1. The summed E-state index contributed by atoms with van der Waals surface area (Å²) in [7, 11) is 0. The molecule has 0 fully saturated rings. The van der Waals surface area contributed by atoms with E-state index in [0.717, 1.165) is 6.42 Å². The molecule has 0 aromatic heterocycles. The van der Waals surface area contributed by atoms with Crippen LogP contribution in [0.3, 0.4) is 0 Å². The number of nitrogens with two attached hydrogens (primary N) is 1. The van der Waals surface area contributed by atoms with Gasteiger partial charge in [0, 0.05) is 6.04 Å². The zero-order valence-electron chi connectivity index (χ0n) is 6.06. The maximum Gasteiger partial charge on any atom is 0.0387 e. The second kappa shape index (κ2) is 5.79. The summed E-state index contributed by atoms with van der Waals surface area (Å²) in [5.41, 5.74) is 2.67. The maximum absolute atomic E-state index is 5.20. The van der Waals surface area contributed by atoms with Crippen LogP contribution in [-0.2, 0) is 0 Å². The molecule has 0 aliphatic rings. The summed E-state index contributed by atoms with van der Waals surface area (Å²) in [5, 5.41) is 0. The van der Waals surface area contributed by atoms with E-state index < -0.39 is 0 Å². The van der Waals surface area contributed by atoms with Crippen molar-refractivity contribution in [2.45, 2.75) is 32.2 Å². The molecule has 0 heterocycles. The second-order valence-electron chi connectivity index (χ2n) is 2.15. The van der Waals surface area contributed by atoms with Crippen LogP contribution in [0.1, 0.15) is 26.2 Å². The van der Waals surface area contributed by atoms with Gasteiger partial charge in [-0.2, -0.15) is 0 Å². The van der Waals surface area contributed by atoms with Gasteiger partial charge in [0.15, 0.2) is 0 Å². The Morgan fingerprint density at radius 1 is 1.78 bits per heavy atom. The lowest BCUT2D eigenvalue weighted by molar-refractivity contribution is 0.550. The summed E-state index contributed by atoms with van der Waals surface area (Å²) in [6, 6.07) is 0.296. The average Bonchev–Trinajstić information content (AvgIpc) is 1.91. The Bertz CT molecular complexity index is 71.3. The summed E-state index contributed by atoms with van der Waals surface area (Å²) >= 11 is 0. The second-order valence-corrected chi connectivity index (χ2v) is 2.15.